The first-order valence-corrected chi connectivity index (χ1v) is 14.5. The zero-order chi connectivity index (χ0) is 27.9. The minimum atomic E-state index is -0.827. The minimum absolute atomic E-state index is 0.000777. The number of carbonyl (C=O) groups is 2. The van der Waals surface area contributed by atoms with Gasteiger partial charge in [-0.3, -0.25) is 9.59 Å². The third-order valence-corrected chi connectivity index (χ3v) is 11.0. The fourth-order valence-corrected chi connectivity index (χ4v) is 8.11. The highest BCUT2D eigenvalue weighted by Crippen LogP contribution is 2.63. The number of benzene rings is 1. The molecule has 0 radical (unpaired) electrons. The molecular weight excluding hydrogens is 516 g/mol. The highest BCUT2D eigenvalue weighted by molar-refractivity contribution is 6.34. The van der Waals surface area contributed by atoms with Gasteiger partial charge in [0.1, 0.15) is 5.76 Å². The van der Waals surface area contributed by atoms with Crippen LogP contribution < -0.4 is 9.47 Å². The Balaban J connectivity index is 1.31. The van der Waals surface area contributed by atoms with Crippen LogP contribution in [0.3, 0.4) is 0 Å². The first-order chi connectivity index (χ1) is 18.4. The summed E-state index contributed by atoms with van der Waals surface area (Å²) >= 11 is 6.99. The Bertz CT molecular complexity index is 1320. The van der Waals surface area contributed by atoms with Gasteiger partial charge in [-0.2, -0.15) is 0 Å². The maximum absolute atomic E-state index is 13.9. The molecule has 2 bridgehead atoms. The Morgan fingerprint density at radius 3 is 2.31 bits per heavy atom. The predicted molar refractivity (Wildman–Crippen MR) is 149 cm³/mol. The average Bonchev–Trinajstić information content (AvgIpc) is 3.30. The molecule has 1 aromatic rings. The van der Waals surface area contributed by atoms with Gasteiger partial charge in [0.25, 0.3) is 11.7 Å². The summed E-state index contributed by atoms with van der Waals surface area (Å²) in [7, 11) is 5.95. The van der Waals surface area contributed by atoms with Crippen LogP contribution in [-0.2, 0) is 16.0 Å². The smallest absolute Gasteiger partial charge is 0.254 e. The quantitative estimate of drug-likeness (QED) is 0.471. The molecule has 0 N–H and O–H groups in total. The van der Waals surface area contributed by atoms with Gasteiger partial charge in [0, 0.05) is 36.4 Å². The molecule has 2 heterocycles. The lowest BCUT2D eigenvalue weighted by atomic mass is 9.54. The predicted octanol–water partition coefficient (Wildman–Crippen LogP) is 5.61. The van der Waals surface area contributed by atoms with Crippen molar-refractivity contribution in [1.82, 2.24) is 9.80 Å². The second-order valence-electron chi connectivity index (χ2n) is 12.6. The van der Waals surface area contributed by atoms with Crippen LogP contribution in [0.25, 0.3) is 0 Å². The summed E-state index contributed by atoms with van der Waals surface area (Å²) in [5, 5.41) is 0.483. The van der Waals surface area contributed by atoms with E-state index in [1.807, 2.05) is 19.9 Å². The molecule has 0 spiro atoms. The van der Waals surface area contributed by atoms with Gasteiger partial charge in [0.15, 0.2) is 17.3 Å². The number of hydrogen-bond donors (Lipinski definition) is 0. The van der Waals surface area contributed by atoms with Crippen LogP contribution in [0, 0.1) is 12.3 Å². The lowest BCUT2D eigenvalue weighted by Gasteiger charge is -2.59. The first-order valence-electron chi connectivity index (χ1n) is 14.1. The van der Waals surface area contributed by atoms with Crippen molar-refractivity contribution in [3.05, 3.63) is 44.7 Å². The zero-order valence-electron chi connectivity index (χ0n) is 24.0. The van der Waals surface area contributed by atoms with Gasteiger partial charge in [-0.15, -0.1) is 0 Å². The largest absolute Gasteiger partial charge is 0.496 e. The molecule has 2 aliphatic heterocycles. The number of fused-ring (bicyclic) bond motifs is 5. The van der Waals surface area contributed by atoms with Gasteiger partial charge in [-0.1, -0.05) is 17.2 Å². The number of amides is 1. The molecule has 1 amide bonds. The van der Waals surface area contributed by atoms with Gasteiger partial charge in [0.05, 0.1) is 29.8 Å². The van der Waals surface area contributed by atoms with Gasteiger partial charge in [-0.25, -0.2) is 0 Å². The van der Waals surface area contributed by atoms with E-state index in [0.29, 0.717) is 52.8 Å². The van der Waals surface area contributed by atoms with E-state index in [9.17, 15) is 9.59 Å². The molecule has 210 valence electrons. The minimum Gasteiger partial charge on any atom is -0.496 e. The molecular formula is C31H39ClN2O5. The number of methoxy groups -OCH3 is 1. The van der Waals surface area contributed by atoms with Crippen molar-refractivity contribution in [3.63, 3.8) is 0 Å². The van der Waals surface area contributed by atoms with Crippen molar-refractivity contribution in [1.29, 1.82) is 0 Å². The number of Topliss-reactive ketones (excluding diaryl/α,β-unsaturated/α-hetero) is 1. The number of hydrogen-bond acceptors (Lipinski definition) is 6. The van der Waals surface area contributed by atoms with E-state index in [-0.39, 0.29) is 29.2 Å². The lowest BCUT2D eigenvalue weighted by molar-refractivity contribution is -0.211. The van der Waals surface area contributed by atoms with Gasteiger partial charge < -0.3 is 24.0 Å². The van der Waals surface area contributed by atoms with E-state index in [1.165, 1.54) is 0 Å². The van der Waals surface area contributed by atoms with Crippen molar-refractivity contribution < 1.29 is 23.8 Å². The number of ketones is 1. The molecule has 0 saturated heterocycles. The van der Waals surface area contributed by atoms with Crippen LogP contribution in [0.2, 0.25) is 5.02 Å². The topological polar surface area (TPSA) is 68.3 Å². The maximum atomic E-state index is 13.9. The van der Waals surface area contributed by atoms with Crippen molar-refractivity contribution in [3.8, 4) is 11.5 Å². The monoisotopic (exact) mass is 554 g/mol. The summed E-state index contributed by atoms with van der Waals surface area (Å²) < 4.78 is 18.9. The Morgan fingerprint density at radius 1 is 1.05 bits per heavy atom. The molecule has 8 heteroatoms. The molecule has 3 saturated carbocycles. The molecule has 1 unspecified atom stereocenters. The zero-order valence-corrected chi connectivity index (χ0v) is 24.7. The highest BCUT2D eigenvalue weighted by atomic mass is 35.5. The summed E-state index contributed by atoms with van der Waals surface area (Å²) in [4.78, 5) is 30.9. The average molecular weight is 555 g/mol. The summed E-state index contributed by atoms with van der Waals surface area (Å²) in [5.74, 6) is 0.738. The van der Waals surface area contributed by atoms with Crippen LogP contribution in [-0.4, -0.2) is 67.1 Å². The molecule has 0 aromatic heterocycles. The first kappa shape index (κ1) is 26.7. The summed E-state index contributed by atoms with van der Waals surface area (Å²) in [5.41, 5.74) is 3.83. The van der Waals surface area contributed by atoms with Crippen LogP contribution in [0.5, 0.6) is 11.5 Å². The van der Waals surface area contributed by atoms with Gasteiger partial charge in [-0.05, 0) is 84.5 Å². The van der Waals surface area contributed by atoms with Gasteiger partial charge in [0.2, 0.25) is 0 Å². The Morgan fingerprint density at radius 2 is 1.69 bits per heavy atom. The van der Waals surface area contributed by atoms with E-state index in [2.05, 4.69) is 25.9 Å². The Hall–Kier alpha value is -2.51. The molecule has 7 nitrogen and oxygen atoms in total. The Labute approximate surface area is 236 Å². The number of ether oxygens (including phenoxy) is 3. The molecule has 39 heavy (non-hydrogen) atoms. The summed E-state index contributed by atoms with van der Waals surface area (Å²) in [6, 6.07) is 0. The third-order valence-electron chi connectivity index (χ3n) is 10.6. The van der Waals surface area contributed by atoms with Crippen LogP contribution in [0.1, 0.15) is 80.3 Å². The second-order valence-corrected chi connectivity index (χ2v) is 13.0. The molecule has 3 fully saturated rings. The molecule has 4 aliphatic carbocycles. The third kappa shape index (κ3) is 3.79. The second kappa shape index (κ2) is 9.00. The molecule has 6 aliphatic rings. The van der Waals surface area contributed by atoms with Crippen LogP contribution in [0.4, 0.5) is 0 Å². The number of nitrogens with zero attached hydrogens (tertiary/aromatic N) is 2. The summed E-state index contributed by atoms with van der Waals surface area (Å²) in [6.07, 6.45) is 9.32. The Kier molecular flexibility index (Phi) is 6.16. The lowest BCUT2D eigenvalue weighted by Crippen LogP contribution is -2.62. The van der Waals surface area contributed by atoms with Crippen molar-refractivity contribution in [2.75, 3.05) is 34.3 Å². The van der Waals surface area contributed by atoms with E-state index in [4.69, 9.17) is 25.8 Å². The van der Waals surface area contributed by atoms with E-state index < -0.39 is 5.79 Å². The fourth-order valence-electron chi connectivity index (χ4n) is 7.80. The SMILES string of the molecule is COC1=C(CN2CCc3c(Cl)c4c(c(C)c3C2=O)OC(C)(C23CCC(N(C)C)(CC2)CC3)O4)C(=O)CC(C)=C1. The standard InChI is InChI=1S/C31H39ClN2O5/c1-18-15-22(35)21(23(16-18)37-6)17-34-14-7-20-24(28(34)36)19(2)26-27(25(20)32)39-29(3,38-26)30-8-11-31(12-9-30,13-10-30)33(4)5/h16H,7-15,17H2,1-6H3. The van der Waals surface area contributed by atoms with Crippen LogP contribution >= 0.6 is 11.6 Å². The van der Waals surface area contributed by atoms with Crippen molar-refractivity contribution in [2.45, 2.75) is 83.5 Å². The van der Waals surface area contributed by atoms with Crippen molar-refractivity contribution in [2.24, 2.45) is 5.41 Å². The summed E-state index contributed by atoms with van der Waals surface area (Å²) in [6.45, 7) is 6.58. The maximum Gasteiger partial charge on any atom is 0.254 e. The van der Waals surface area contributed by atoms with E-state index >= 15 is 0 Å². The number of rotatable bonds is 5. The van der Waals surface area contributed by atoms with Crippen LogP contribution in [0.15, 0.2) is 23.0 Å². The molecule has 1 atom stereocenters. The highest BCUT2D eigenvalue weighted by Gasteiger charge is 2.63. The van der Waals surface area contributed by atoms with E-state index in [1.54, 1.807) is 12.0 Å². The van der Waals surface area contributed by atoms with Gasteiger partial charge >= 0.3 is 0 Å². The molecule has 7 rings (SSSR count). The number of halogens is 1. The number of carbonyl (C=O) groups excluding carboxylic acids is 2. The molecule has 1 aromatic carbocycles. The van der Waals surface area contributed by atoms with Crippen molar-refractivity contribution >= 4 is 23.3 Å². The normalized spacial score (nSPS) is 31.7. The number of allylic oxidation sites excluding steroid dienone is 2. The fraction of sp³-hybridized carbons (Fsp3) is 0.613. The van der Waals surface area contributed by atoms with E-state index in [0.717, 1.165) is 55.2 Å².